The minimum Gasteiger partial charge on any atom is -0.462 e. The van der Waals surface area contributed by atoms with Gasteiger partial charge in [-0.25, -0.2) is 0 Å². The molecular weight excluding hydrogens is 576 g/mol. The van der Waals surface area contributed by atoms with E-state index < -0.39 is 6.10 Å². The van der Waals surface area contributed by atoms with E-state index >= 15 is 0 Å². The van der Waals surface area contributed by atoms with Crippen molar-refractivity contribution in [2.75, 3.05) is 13.2 Å². The van der Waals surface area contributed by atoms with E-state index in [0.29, 0.717) is 19.3 Å². The van der Waals surface area contributed by atoms with Gasteiger partial charge in [-0.3, -0.25) is 14.4 Å². The van der Waals surface area contributed by atoms with Crippen LogP contribution in [-0.4, -0.2) is 37.2 Å². The molecule has 0 radical (unpaired) electrons. The second-order valence-electron chi connectivity index (χ2n) is 14.0. The summed E-state index contributed by atoms with van der Waals surface area (Å²) in [5.74, 6) is -0.110. The number of ether oxygens (including phenoxy) is 3. The molecule has 0 aliphatic heterocycles. The van der Waals surface area contributed by atoms with Gasteiger partial charge in [0.25, 0.3) is 0 Å². The van der Waals surface area contributed by atoms with Gasteiger partial charge >= 0.3 is 17.9 Å². The first-order valence-corrected chi connectivity index (χ1v) is 19.9. The molecule has 0 unspecified atom stereocenters. The largest absolute Gasteiger partial charge is 0.462 e. The molecule has 0 N–H and O–H groups in total. The van der Waals surface area contributed by atoms with Crippen LogP contribution in [0.4, 0.5) is 0 Å². The molecule has 0 aromatic heterocycles. The molecule has 0 amide bonds. The standard InChI is InChI=1S/C40H76O6/c1-5-7-9-11-13-14-15-16-17-19-23-27-31-38(41)44-34-37(46-40(43)33-29-25-18-12-10-8-6-2)35-45-39(42)32-28-24-21-20-22-26-30-36(3)4/h36-37H,5-35H2,1-4H3/t37-/m0/s1. The monoisotopic (exact) mass is 653 g/mol. The van der Waals surface area contributed by atoms with Crippen molar-refractivity contribution in [2.24, 2.45) is 5.92 Å². The summed E-state index contributed by atoms with van der Waals surface area (Å²) in [6.07, 6.45) is 31.1. The Morgan fingerprint density at radius 2 is 0.717 bits per heavy atom. The van der Waals surface area contributed by atoms with Gasteiger partial charge in [0, 0.05) is 19.3 Å². The fraction of sp³-hybridized carbons (Fsp3) is 0.925. The molecule has 0 heterocycles. The molecule has 0 fully saturated rings. The van der Waals surface area contributed by atoms with Crippen LogP contribution in [0.5, 0.6) is 0 Å². The topological polar surface area (TPSA) is 78.9 Å². The summed E-state index contributed by atoms with van der Waals surface area (Å²) in [6, 6.07) is 0. The Morgan fingerprint density at radius 1 is 0.413 bits per heavy atom. The summed E-state index contributed by atoms with van der Waals surface area (Å²) in [5, 5.41) is 0. The number of unbranched alkanes of at least 4 members (excludes halogenated alkanes) is 22. The van der Waals surface area contributed by atoms with Crippen LogP contribution in [-0.2, 0) is 28.6 Å². The molecule has 0 saturated carbocycles. The molecule has 0 aromatic carbocycles. The van der Waals surface area contributed by atoms with Crippen LogP contribution in [0.1, 0.15) is 214 Å². The number of hydrogen-bond acceptors (Lipinski definition) is 6. The molecular formula is C40H76O6. The third-order valence-corrected chi connectivity index (χ3v) is 8.79. The molecule has 1 atom stereocenters. The zero-order valence-corrected chi connectivity index (χ0v) is 31.0. The van der Waals surface area contributed by atoms with Gasteiger partial charge in [0.2, 0.25) is 0 Å². The Balaban J connectivity index is 4.29. The van der Waals surface area contributed by atoms with Crippen LogP contribution in [0.25, 0.3) is 0 Å². The Morgan fingerprint density at radius 3 is 1.07 bits per heavy atom. The normalized spacial score (nSPS) is 11.9. The fourth-order valence-corrected chi connectivity index (χ4v) is 5.74. The maximum atomic E-state index is 12.5. The van der Waals surface area contributed by atoms with Crippen molar-refractivity contribution in [1.29, 1.82) is 0 Å². The van der Waals surface area contributed by atoms with E-state index in [9.17, 15) is 14.4 Å². The molecule has 6 nitrogen and oxygen atoms in total. The highest BCUT2D eigenvalue weighted by Crippen LogP contribution is 2.15. The van der Waals surface area contributed by atoms with E-state index in [1.54, 1.807) is 0 Å². The lowest BCUT2D eigenvalue weighted by Gasteiger charge is -2.18. The average Bonchev–Trinajstić information content (AvgIpc) is 3.03. The minimum atomic E-state index is -0.757. The summed E-state index contributed by atoms with van der Waals surface area (Å²) in [4.78, 5) is 37.3. The predicted octanol–water partition coefficient (Wildman–Crippen LogP) is 12.0. The van der Waals surface area contributed by atoms with E-state index in [0.717, 1.165) is 63.7 Å². The first-order chi connectivity index (χ1) is 22.4. The van der Waals surface area contributed by atoms with Crippen LogP contribution in [0.15, 0.2) is 0 Å². The fourth-order valence-electron chi connectivity index (χ4n) is 5.74. The molecule has 0 spiro atoms. The van der Waals surface area contributed by atoms with Gasteiger partial charge < -0.3 is 14.2 Å². The second kappa shape index (κ2) is 34.7. The van der Waals surface area contributed by atoms with E-state index in [2.05, 4.69) is 27.7 Å². The number of carbonyl (C=O) groups excluding carboxylic acids is 3. The van der Waals surface area contributed by atoms with Crippen LogP contribution in [0, 0.1) is 5.92 Å². The highest BCUT2D eigenvalue weighted by Gasteiger charge is 2.19. The Bertz CT molecular complexity index is 691. The van der Waals surface area contributed by atoms with Crippen LogP contribution < -0.4 is 0 Å². The smallest absolute Gasteiger partial charge is 0.306 e. The van der Waals surface area contributed by atoms with Crippen molar-refractivity contribution in [3.63, 3.8) is 0 Å². The summed E-state index contributed by atoms with van der Waals surface area (Å²) in [6.45, 7) is 8.85. The Hall–Kier alpha value is -1.59. The predicted molar refractivity (Wildman–Crippen MR) is 192 cm³/mol. The first-order valence-electron chi connectivity index (χ1n) is 19.9. The van der Waals surface area contributed by atoms with E-state index in [1.807, 2.05) is 0 Å². The second-order valence-corrected chi connectivity index (χ2v) is 14.0. The third kappa shape index (κ3) is 33.8. The van der Waals surface area contributed by atoms with Crippen molar-refractivity contribution in [1.82, 2.24) is 0 Å². The molecule has 46 heavy (non-hydrogen) atoms. The van der Waals surface area contributed by atoms with Crippen LogP contribution >= 0.6 is 0 Å². The molecule has 272 valence electrons. The van der Waals surface area contributed by atoms with Gasteiger partial charge in [0.05, 0.1) is 0 Å². The highest BCUT2D eigenvalue weighted by molar-refractivity contribution is 5.71. The van der Waals surface area contributed by atoms with Gasteiger partial charge in [-0.05, 0) is 25.2 Å². The van der Waals surface area contributed by atoms with Crippen LogP contribution in [0.3, 0.4) is 0 Å². The lowest BCUT2D eigenvalue weighted by atomic mass is 10.0. The zero-order valence-electron chi connectivity index (χ0n) is 31.0. The maximum absolute atomic E-state index is 12.5. The first kappa shape index (κ1) is 44.4. The van der Waals surface area contributed by atoms with Gasteiger partial charge in [-0.1, -0.05) is 175 Å². The molecule has 0 bridgehead atoms. The minimum absolute atomic E-state index is 0.0660. The van der Waals surface area contributed by atoms with Gasteiger partial charge in [-0.15, -0.1) is 0 Å². The molecule has 0 aromatic rings. The lowest BCUT2D eigenvalue weighted by molar-refractivity contribution is -0.167. The van der Waals surface area contributed by atoms with Gasteiger partial charge in [0.1, 0.15) is 13.2 Å². The average molecular weight is 653 g/mol. The molecule has 0 rings (SSSR count). The summed E-state index contributed by atoms with van der Waals surface area (Å²) in [7, 11) is 0. The van der Waals surface area contributed by atoms with Crippen molar-refractivity contribution in [3.05, 3.63) is 0 Å². The number of carbonyl (C=O) groups is 3. The summed E-state index contributed by atoms with van der Waals surface area (Å²) in [5.41, 5.74) is 0. The van der Waals surface area contributed by atoms with E-state index in [1.165, 1.54) is 109 Å². The highest BCUT2D eigenvalue weighted by atomic mass is 16.6. The summed E-state index contributed by atoms with van der Waals surface area (Å²) >= 11 is 0. The van der Waals surface area contributed by atoms with Gasteiger partial charge in [-0.2, -0.15) is 0 Å². The zero-order chi connectivity index (χ0) is 33.9. The molecule has 0 aliphatic rings. The Kier molecular flexibility index (Phi) is 33.5. The van der Waals surface area contributed by atoms with Crippen molar-refractivity contribution >= 4 is 17.9 Å². The molecule has 6 heteroatoms. The summed E-state index contributed by atoms with van der Waals surface area (Å²) < 4.78 is 16.5. The third-order valence-electron chi connectivity index (χ3n) is 8.79. The number of rotatable bonds is 35. The van der Waals surface area contributed by atoms with E-state index in [4.69, 9.17) is 14.2 Å². The SMILES string of the molecule is CCCCCCCCCCCCCCC(=O)OC[C@@H](COC(=O)CCCCCCCCC(C)C)OC(=O)CCCCCCCCC. The Labute approximate surface area is 285 Å². The van der Waals surface area contributed by atoms with Crippen LogP contribution in [0.2, 0.25) is 0 Å². The maximum Gasteiger partial charge on any atom is 0.306 e. The van der Waals surface area contributed by atoms with Crippen molar-refractivity contribution in [3.8, 4) is 0 Å². The molecule has 0 aliphatic carbocycles. The number of esters is 3. The van der Waals surface area contributed by atoms with E-state index in [-0.39, 0.29) is 31.1 Å². The van der Waals surface area contributed by atoms with Gasteiger partial charge in [0.15, 0.2) is 6.10 Å². The van der Waals surface area contributed by atoms with Crippen molar-refractivity contribution in [2.45, 2.75) is 220 Å². The quantitative estimate of drug-likeness (QED) is 0.0385. The van der Waals surface area contributed by atoms with Crippen molar-refractivity contribution < 1.29 is 28.6 Å². The molecule has 0 saturated heterocycles. The lowest BCUT2D eigenvalue weighted by Crippen LogP contribution is -2.30. The number of hydrogen-bond donors (Lipinski definition) is 0.